The topological polar surface area (TPSA) is 90.9 Å². The summed E-state index contributed by atoms with van der Waals surface area (Å²) in [5.41, 5.74) is 7.59. The molecule has 0 saturated heterocycles. The van der Waals surface area contributed by atoms with Crippen LogP contribution in [0.5, 0.6) is 5.75 Å². The van der Waals surface area contributed by atoms with E-state index in [4.69, 9.17) is 10.5 Å². The van der Waals surface area contributed by atoms with Gasteiger partial charge < -0.3 is 10.5 Å². The second kappa shape index (κ2) is 9.01. The van der Waals surface area contributed by atoms with Crippen LogP contribution in [0.3, 0.4) is 0 Å². The fraction of sp³-hybridized carbons (Fsp3) is 0.667. The van der Waals surface area contributed by atoms with Crippen molar-refractivity contribution in [2.24, 2.45) is 5.73 Å². The zero-order valence-electron chi connectivity index (χ0n) is 16.8. The van der Waals surface area contributed by atoms with Crippen molar-refractivity contribution < 1.29 is 4.74 Å². The molecule has 2 aliphatic rings. The van der Waals surface area contributed by atoms with Gasteiger partial charge in [-0.3, -0.25) is 5.32 Å². The third-order valence-corrected chi connectivity index (χ3v) is 6.35. The van der Waals surface area contributed by atoms with E-state index >= 15 is 0 Å². The summed E-state index contributed by atoms with van der Waals surface area (Å²) in [6.07, 6.45) is 10.7. The third-order valence-electron chi connectivity index (χ3n) is 6.35. The maximum Gasteiger partial charge on any atom is 0.173 e. The molecular weight excluding hydrogens is 352 g/mol. The summed E-state index contributed by atoms with van der Waals surface area (Å²) in [7, 11) is 1.69. The number of hydrogen-bond donors (Lipinski definition) is 2. The Bertz CT molecular complexity index is 740. The molecule has 3 atom stereocenters. The van der Waals surface area contributed by atoms with Crippen molar-refractivity contribution in [3.63, 3.8) is 0 Å². The Hall–Kier alpha value is -1.99. The van der Waals surface area contributed by atoms with Crippen molar-refractivity contribution in [1.29, 1.82) is 0 Å². The molecule has 28 heavy (non-hydrogen) atoms. The Kier molecular flexibility index (Phi) is 6.22. The number of nitrogens with zero attached hydrogens (tertiary/aromatic N) is 4. The van der Waals surface area contributed by atoms with E-state index in [1.165, 1.54) is 32.1 Å². The van der Waals surface area contributed by atoms with E-state index in [-0.39, 0.29) is 18.1 Å². The van der Waals surface area contributed by atoms with Crippen molar-refractivity contribution in [2.75, 3.05) is 7.11 Å². The Morgan fingerprint density at radius 3 is 2.46 bits per heavy atom. The molecule has 0 amide bonds. The summed E-state index contributed by atoms with van der Waals surface area (Å²) in [5, 5.41) is 16.7. The number of aromatic nitrogens is 4. The summed E-state index contributed by atoms with van der Waals surface area (Å²) in [6, 6.07) is 8.97. The minimum Gasteiger partial charge on any atom is -0.497 e. The van der Waals surface area contributed by atoms with Crippen LogP contribution < -0.4 is 15.8 Å². The molecule has 3 N–H and O–H groups in total. The van der Waals surface area contributed by atoms with Crippen molar-refractivity contribution in [1.82, 2.24) is 25.5 Å². The molecule has 1 heterocycles. The maximum absolute atomic E-state index is 6.44. The Morgan fingerprint density at radius 2 is 1.75 bits per heavy atom. The lowest BCUT2D eigenvalue weighted by molar-refractivity contribution is 0.286. The van der Waals surface area contributed by atoms with Gasteiger partial charge in [0.05, 0.1) is 19.2 Å². The number of tetrazole rings is 1. The van der Waals surface area contributed by atoms with E-state index < -0.39 is 0 Å². The van der Waals surface area contributed by atoms with Crippen LogP contribution in [-0.2, 0) is 0 Å². The molecule has 0 spiro atoms. The fourth-order valence-electron chi connectivity index (χ4n) is 4.67. The van der Waals surface area contributed by atoms with Crippen molar-refractivity contribution in [3.05, 3.63) is 35.7 Å². The molecule has 3 unspecified atom stereocenters. The highest BCUT2D eigenvalue weighted by Gasteiger charge is 2.30. The van der Waals surface area contributed by atoms with Gasteiger partial charge >= 0.3 is 0 Å². The molecule has 0 aliphatic heterocycles. The molecule has 0 radical (unpaired) electrons. The summed E-state index contributed by atoms with van der Waals surface area (Å²) in [5.74, 6) is 1.75. The molecule has 7 heteroatoms. The van der Waals surface area contributed by atoms with Gasteiger partial charge in [-0.1, -0.05) is 44.2 Å². The van der Waals surface area contributed by atoms with E-state index in [0.29, 0.717) is 6.04 Å². The minimum atomic E-state index is -0.0722. The Morgan fingerprint density at radius 1 is 1.04 bits per heavy atom. The van der Waals surface area contributed by atoms with E-state index in [2.05, 4.69) is 37.7 Å². The third kappa shape index (κ3) is 4.20. The molecule has 1 aromatic carbocycles. The van der Waals surface area contributed by atoms with Crippen LogP contribution in [-0.4, -0.2) is 39.4 Å². The number of rotatable bonds is 6. The molecule has 4 rings (SSSR count). The monoisotopic (exact) mass is 384 g/mol. The summed E-state index contributed by atoms with van der Waals surface area (Å²) in [6.45, 7) is 0. The highest BCUT2D eigenvalue weighted by Crippen LogP contribution is 2.32. The molecule has 2 aliphatic carbocycles. The molecule has 0 bridgehead atoms. The summed E-state index contributed by atoms with van der Waals surface area (Å²) >= 11 is 0. The van der Waals surface area contributed by atoms with Gasteiger partial charge in [-0.05, 0) is 53.8 Å². The van der Waals surface area contributed by atoms with Crippen LogP contribution in [0.1, 0.15) is 81.3 Å². The van der Waals surface area contributed by atoms with Gasteiger partial charge in [0, 0.05) is 12.1 Å². The van der Waals surface area contributed by atoms with Gasteiger partial charge in [0.1, 0.15) is 5.75 Å². The van der Waals surface area contributed by atoms with Crippen LogP contribution in [0.25, 0.3) is 0 Å². The molecule has 2 saturated carbocycles. The van der Waals surface area contributed by atoms with E-state index in [0.717, 1.165) is 42.8 Å². The number of nitrogens with two attached hydrogens (primary N) is 1. The maximum atomic E-state index is 6.44. The molecule has 1 aromatic heterocycles. The first kappa shape index (κ1) is 19.3. The number of benzene rings is 1. The SMILES string of the molecule is COc1ccc(C(NC2CCCCC2N)c2nnnn2C2CCCCC2)cc1. The van der Waals surface area contributed by atoms with Crippen molar-refractivity contribution in [3.8, 4) is 5.75 Å². The van der Waals surface area contributed by atoms with Crippen LogP contribution in [0.2, 0.25) is 0 Å². The molecule has 2 fully saturated rings. The first-order chi connectivity index (χ1) is 13.8. The van der Waals surface area contributed by atoms with E-state index in [9.17, 15) is 0 Å². The lowest BCUT2D eigenvalue weighted by Gasteiger charge is -2.33. The highest BCUT2D eigenvalue weighted by molar-refractivity contribution is 5.32. The van der Waals surface area contributed by atoms with Gasteiger partial charge in [0.25, 0.3) is 0 Å². The smallest absolute Gasteiger partial charge is 0.173 e. The molecule has 2 aromatic rings. The van der Waals surface area contributed by atoms with E-state index in [1.54, 1.807) is 7.11 Å². The minimum absolute atomic E-state index is 0.0722. The second-order valence-corrected chi connectivity index (χ2v) is 8.20. The van der Waals surface area contributed by atoms with E-state index in [1.807, 2.05) is 12.1 Å². The quantitative estimate of drug-likeness (QED) is 0.795. The van der Waals surface area contributed by atoms with Gasteiger partial charge in [0.15, 0.2) is 5.82 Å². The number of nitrogens with one attached hydrogen (secondary N) is 1. The molecule has 152 valence electrons. The summed E-state index contributed by atoms with van der Waals surface area (Å²) < 4.78 is 7.40. The zero-order chi connectivity index (χ0) is 19.3. The van der Waals surface area contributed by atoms with Crippen LogP contribution in [0, 0.1) is 0 Å². The molecule has 7 nitrogen and oxygen atoms in total. The number of ether oxygens (including phenoxy) is 1. The van der Waals surface area contributed by atoms with Crippen molar-refractivity contribution in [2.45, 2.75) is 82.0 Å². The van der Waals surface area contributed by atoms with Gasteiger partial charge in [-0.2, -0.15) is 0 Å². The number of hydrogen-bond acceptors (Lipinski definition) is 6. The predicted molar refractivity (Wildman–Crippen MR) is 108 cm³/mol. The largest absolute Gasteiger partial charge is 0.497 e. The molecular formula is C21H32N6O. The van der Waals surface area contributed by atoms with Crippen LogP contribution >= 0.6 is 0 Å². The predicted octanol–water partition coefficient (Wildman–Crippen LogP) is 3.14. The van der Waals surface area contributed by atoms with Gasteiger partial charge in [-0.25, -0.2) is 4.68 Å². The lowest BCUT2D eigenvalue weighted by Crippen LogP contribution is -2.49. The highest BCUT2D eigenvalue weighted by atomic mass is 16.5. The first-order valence-electron chi connectivity index (χ1n) is 10.7. The average Bonchev–Trinajstić information content (AvgIpc) is 3.23. The van der Waals surface area contributed by atoms with Crippen molar-refractivity contribution >= 4 is 0 Å². The van der Waals surface area contributed by atoms with Crippen LogP contribution in [0.4, 0.5) is 0 Å². The lowest BCUT2D eigenvalue weighted by atomic mass is 9.89. The average molecular weight is 385 g/mol. The van der Waals surface area contributed by atoms with Crippen LogP contribution in [0.15, 0.2) is 24.3 Å². The Labute approximate surface area is 167 Å². The van der Waals surface area contributed by atoms with Gasteiger partial charge in [0.2, 0.25) is 0 Å². The number of methoxy groups -OCH3 is 1. The second-order valence-electron chi connectivity index (χ2n) is 8.20. The summed E-state index contributed by atoms with van der Waals surface area (Å²) in [4.78, 5) is 0. The van der Waals surface area contributed by atoms with Gasteiger partial charge in [-0.15, -0.1) is 5.10 Å². The normalized spacial score (nSPS) is 24.8. The first-order valence-corrected chi connectivity index (χ1v) is 10.7. The fourth-order valence-corrected chi connectivity index (χ4v) is 4.67. The Balaban J connectivity index is 1.65. The zero-order valence-corrected chi connectivity index (χ0v) is 16.8. The standard InChI is InChI=1S/C21H32N6O/c1-28-17-13-11-15(12-14-17)20(23-19-10-6-5-9-18(19)22)21-24-25-26-27(21)16-7-3-2-4-8-16/h11-14,16,18-20,23H,2-10,22H2,1H3.